The molecule has 3 aromatic rings. The van der Waals surface area contributed by atoms with Gasteiger partial charge in [0.25, 0.3) is 0 Å². The van der Waals surface area contributed by atoms with E-state index >= 15 is 0 Å². The summed E-state index contributed by atoms with van der Waals surface area (Å²) in [5, 5.41) is 0.988. The van der Waals surface area contributed by atoms with Crippen LogP contribution in [0, 0.1) is 0 Å². The van der Waals surface area contributed by atoms with Crippen LogP contribution in [0.15, 0.2) is 60.7 Å². The fraction of sp³-hybridized carbons (Fsp3) is 0.304. The van der Waals surface area contributed by atoms with E-state index in [1.807, 2.05) is 30.3 Å². The predicted octanol–water partition coefficient (Wildman–Crippen LogP) is 4.43. The molecule has 0 radical (unpaired) electrons. The lowest BCUT2D eigenvalue weighted by Gasteiger charge is -2.34. The molecular weight excluding hydrogens is 462 g/mol. The highest BCUT2D eigenvalue weighted by Gasteiger charge is 2.23. The maximum atomic E-state index is 11.9. The molecule has 0 saturated carbocycles. The molecule has 0 amide bonds. The van der Waals surface area contributed by atoms with Gasteiger partial charge >= 0.3 is 5.97 Å². The first-order valence-electron chi connectivity index (χ1n) is 9.86. The molecule has 4 rings (SSSR count). The summed E-state index contributed by atoms with van der Waals surface area (Å²) in [6.07, 6.45) is 0.256. The number of rotatable bonds is 6. The number of piperazine rings is 1. The topological polar surface area (TPSA) is 45.7 Å². The lowest BCUT2D eigenvalue weighted by molar-refractivity contribution is -0.139. The number of nitrogens with zero attached hydrogens (tertiary/aromatic N) is 3. The van der Waals surface area contributed by atoms with Gasteiger partial charge in [-0.15, -0.1) is 28.3 Å². The maximum absolute atomic E-state index is 11.9. The number of hydrogen-bond donors (Lipinski definition) is 0. The number of carbonyl (C=O) groups is 1. The van der Waals surface area contributed by atoms with E-state index in [4.69, 9.17) is 9.72 Å². The summed E-state index contributed by atoms with van der Waals surface area (Å²) < 4.78 is 4.89. The minimum absolute atomic E-state index is 0. The Morgan fingerprint density at radius 3 is 2.27 bits per heavy atom. The summed E-state index contributed by atoms with van der Waals surface area (Å²) in [5.41, 5.74) is 3.28. The smallest absolute Gasteiger partial charge is 0.310 e. The molecule has 0 aliphatic carbocycles. The van der Waals surface area contributed by atoms with Crippen molar-refractivity contribution >= 4 is 39.4 Å². The first-order chi connectivity index (χ1) is 14.2. The molecule has 1 aliphatic rings. The van der Waals surface area contributed by atoms with Crippen LogP contribution in [0.25, 0.3) is 11.3 Å². The average Bonchev–Trinajstić information content (AvgIpc) is 3.19. The van der Waals surface area contributed by atoms with Gasteiger partial charge in [-0.3, -0.25) is 9.69 Å². The van der Waals surface area contributed by atoms with Crippen molar-refractivity contribution in [3.63, 3.8) is 0 Å². The van der Waals surface area contributed by atoms with E-state index < -0.39 is 0 Å². The van der Waals surface area contributed by atoms with Gasteiger partial charge in [-0.25, -0.2) is 4.98 Å². The van der Waals surface area contributed by atoms with Crippen LogP contribution in [0.3, 0.4) is 0 Å². The molecule has 0 atom stereocenters. The van der Waals surface area contributed by atoms with Gasteiger partial charge in [-0.1, -0.05) is 60.7 Å². The molecule has 1 saturated heterocycles. The second kappa shape index (κ2) is 10.7. The van der Waals surface area contributed by atoms with E-state index in [0.717, 1.165) is 54.0 Å². The first kappa shape index (κ1) is 22.5. The Balaban J connectivity index is 0.00000256. The van der Waals surface area contributed by atoms with Crippen molar-refractivity contribution in [3.05, 3.63) is 71.1 Å². The predicted molar refractivity (Wildman–Crippen MR) is 128 cm³/mol. The maximum Gasteiger partial charge on any atom is 0.310 e. The highest BCUT2D eigenvalue weighted by molar-refractivity contribution is 8.93. The third-order valence-corrected chi connectivity index (χ3v) is 6.27. The first-order valence-corrected chi connectivity index (χ1v) is 10.7. The third kappa shape index (κ3) is 5.47. The SMILES string of the molecule is Br.COC(=O)Cc1sc(N2CCN(Cc3ccccc3)CC2)nc1-c1ccccc1. The fourth-order valence-corrected chi connectivity index (χ4v) is 4.68. The van der Waals surface area contributed by atoms with Crippen LogP contribution in [-0.2, 0) is 22.5 Å². The number of methoxy groups -OCH3 is 1. The number of carbonyl (C=O) groups excluding carboxylic acids is 1. The van der Waals surface area contributed by atoms with Crippen LogP contribution < -0.4 is 4.90 Å². The van der Waals surface area contributed by atoms with Gasteiger partial charge in [0.1, 0.15) is 0 Å². The molecule has 1 aliphatic heterocycles. The minimum Gasteiger partial charge on any atom is -0.469 e. The van der Waals surface area contributed by atoms with E-state index in [0.29, 0.717) is 0 Å². The zero-order valence-corrected chi connectivity index (χ0v) is 19.5. The van der Waals surface area contributed by atoms with Crippen molar-refractivity contribution in [1.82, 2.24) is 9.88 Å². The van der Waals surface area contributed by atoms with Crippen molar-refractivity contribution in [3.8, 4) is 11.3 Å². The van der Waals surface area contributed by atoms with Gasteiger partial charge in [-0.2, -0.15) is 0 Å². The molecule has 5 nitrogen and oxygen atoms in total. The summed E-state index contributed by atoms with van der Waals surface area (Å²) >= 11 is 1.61. The second-order valence-corrected chi connectivity index (χ2v) is 8.20. The molecular formula is C23H26BrN3O2S. The monoisotopic (exact) mass is 487 g/mol. The normalized spacial score (nSPS) is 14.2. The van der Waals surface area contributed by atoms with Crippen LogP contribution in [0.2, 0.25) is 0 Å². The van der Waals surface area contributed by atoms with Crippen LogP contribution in [0.4, 0.5) is 5.13 Å². The highest BCUT2D eigenvalue weighted by atomic mass is 79.9. The van der Waals surface area contributed by atoms with E-state index in [1.165, 1.54) is 12.7 Å². The van der Waals surface area contributed by atoms with Crippen LogP contribution in [0.1, 0.15) is 10.4 Å². The number of aromatic nitrogens is 1. The Kier molecular flexibility index (Phi) is 8.01. The Morgan fingerprint density at radius 1 is 1.00 bits per heavy atom. The van der Waals surface area contributed by atoms with Gasteiger partial charge in [0.05, 0.1) is 19.2 Å². The zero-order valence-electron chi connectivity index (χ0n) is 17.0. The van der Waals surface area contributed by atoms with Crippen molar-refractivity contribution in [2.24, 2.45) is 0 Å². The summed E-state index contributed by atoms with van der Waals surface area (Å²) in [7, 11) is 1.43. The van der Waals surface area contributed by atoms with Crippen molar-refractivity contribution in [2.75, 3.05) is 38.2 Å². The molecule has 1 aromatic heterocycles. The summed E-state index contributed by atoms with van der Waals surface area (Å²) in [6.45, 7) is 4.86. The number of benzene rings is 2. The van der Waals surface area contributed by atoms with Gasteiger partial charge in [0, 0.05) is 43.2 Å². The average molecular weight is 488 g/mol. The largest absolute Gasteiger partial charge is 0.469 e. The molecule has 2 aromatic carbocycles. The van der Waals surface area contributed by atoms with Crippen LogP contribution in [-0.4, -0.2) is 49.1 Å². The Bertz CT molecular complexity index is 942. The summed E-state index contributed by atoms with van der Waals surface area (Å²) in [4.78, 5) is 22.6. The summed E-state index contributed by atoms with van der Waals surface area (Å²) in [5.74, 6) is -0.231. The Morgan fingerprint density at radius 2 is 1.63 bits per heavy atom. The van der Waals surface area contributed by atoms with Gasteiger partial charge in [0.2, 0.25) is 0 Å². The van der Waals surface area contributed by atoms with Gasteiger partial charge in [0.15, 0.2) is 5.13 Å². The van der Waals surface area contributed by atoms with Crippen molar-refractivity contribution in [1.29, 1.82) is 0 Å². The number of halogens is 1. The molecule has 1 fully saturated rings. The number of esters is 1. The summed E-state index contributed by atoms with van der Waals surface area (Å²) in [6, 6.07) is 20.7. The molecule has 0 unspecified atom stereocenters. The van der Waals surface area contributed by atoms with Crippen LogP contribution >= 0.6 is 28.3 Å². The highest BCUT2D eigenvalue weighted by Crippen LogP contribution is 2.34. The van der Waals surface area contributed by atoms with Gasteiger partial charge < -0.3 is 9.64 Å². The van der Waals surface area contributed by atoms with Crippen LogP contribution in [0.5, 0.6) is 0 Å². The Hall–Kier alpha value is -2.22. The minimum atomic E-state index is -0.231. The lowest BCUT2D eigenvalue weighted by Crippen LogP contribution is -2.45. The standard InChI is InChI=1S/C23H25N3O2S.BrH/c1-28-21(27)16-20-22(19-10-6-3-7-11-19)24-23(29-20)26-14-12-25(13-15-26)17-18-8-4-2-5-9-18;/h2-11H,12-17H2,1H3;1H. The quantitative estimate of drug-likeness (QED) is 0.481. The van der Waals surface area contributed by atoms with Gasteiger partial charge in [-0.05, 0) is 5.56 Å². The molecule has 0 N–H and O–H groups in total. The third-order valence-electron chi connectivity index (χ3n) is 5.16. The number of thiazole rings is 1. The van der Waals surface area contributed by atoms with E-state index in [-0.39, 0.29) is 29.4 Å². The molecule has 30 heavy (non-hydrogen) atoms. The number of ether oxygens (including phenoxy) is 1. The molecule has 0 bridgehead atoms. The Labute approximate surface area is 192 Å². The molecule has 2 heterocycles. The van der Waals surface area contributed by atoms with Crippen molar-refractivity contribution in [2.45, 2.75) is 13.0 Å². The number of anilines is 1. The van der Waals surface area contributed by atoms with E-state index in [9.17, 15) is 4.79 Å². The zero-order chi connectivity index (χ0) is 20.1. The lowest BCUT2D eigenvalue weighted by atomic mass is 10.1. The molecule has 7 heteroatoms. The van der Waals surface area contributed by atoms with E-state index in [1.54, 1.807) is 11.3 Å². The second-order valence-electron chi connectivity index (χ2n) is 7.14. The fourth-order valence-electron chi connectivity index (χ4n) is 3.56. The van der Waals surface area contributed by atoms with Crippen molar-refractivity contribution < 1.29 is 9.53 Å². The van der Waals surface area contributed by atoms with E-state index in [2.05, 4.69) is 40.1 Å². The number of hydrogen-bond acceptors (Lipinski definition) is 6. The molecule has 158 valence electrons. The molecule has 0 spiro atoms.